The molecule has 0 aromatic heterocycles. The van der Waals surface area contributed by atoms with E-state index in [9.17, 15) is 9.90 Å². The zero-order chi connectivity index (χ0) is 26.4. The summed E-state index contributed by atoms with van der Waals surface area (Å²) in [5.41, 5.74) is 2.84. The molecule has 0 aromatic carbocycles. The van der Waals surface area contributed by atoms with Crippen LogP contribution in [-0.4, -0.2) is 11.1 Å². The number of carboxylic acids is 1. The lowest BCUT2D eigenvalue weighted by Crippen LogP contribution is -2.87. The molecule has 0 amide bonds. The molecule has 0 aliphatic heterocycles. The van der Waals surface area contributed by atoms with Crippen molar-refractivity contribution in [3.05, 3.63) is 0 Å². The van der Waals surface area contributed by atoms with Gasteiger partial charge >= 0.3 is 5.97 Å². The van der Waals surface area contributed by atoms with Crippen LogP contribution in [-0.2, 0) is 4.79 Å². The lowest BCUT2D eigenvalue weighted by Gasteiger charge is -2.93. The second-order valence-electron chi connectivity index (χ2n) is 17.3. The number of hydrogen-bond donors (Lipinski definition) is 1. The number of fused-ring (bicyclic) bond motifs is 6. The standard InChI is InChI=1S/C34H56O2/c1-22-12-13-23-19-32(22,27(23,2)3)31(9)18-15-25-21-34(31,29(25,6)7)33-20-24(28(33,4)5)14-17-30(33,8)16-10-11-26(35)36/h22-25H,10-21H2,1-9H3,(H,35,36). The second-order valence-corrected chi connectivity index (χ2v) is 17.3. The zero-order valence-corrected chi connectivity index (χ0v) is 25.2. The van der Waals surface area contributed by atoms with E-state index < -0.39 is 5.97 Å². The highest BCUT2D eigenvalue weighted by Gasteiger charge is 2.90. The van der Waals surface area contributed by atoms with Gasteiger partial charge in [-0.05, 0) is 138 Å². The third-order valence-corrected chi connectivity index (χ3v) is 16.7. The topological polar surface area (TPSA) is 37.3 Å². The monoisotopic (exact) mass is 496 g/mol. The number of hydrogen-bond acceptors (Lipinski definition) is 1. The van der Waals surface area contributed by atoms with Crippen molar-refractivity contribution < 1.29 is 9.90 Å². The molecule has 9 aliphatic carbocycles. The van der Waals surface area contributed by atoms with Crippen LogP contribution in [0.5, 0.6) is 0 Å². The summed E-state index contributed by atoms with van der Waals surface area (Å²) in [6.07, 6.45) is 15.0. The Labute approximate surface area is 222 Å². The lowest BCUT2D eigenvalue weighted by molar-refractivity contribution is -0.456. The first-order chi connectivity index (χ1) is 16.5. The minimum absolute atomic E-state index is 0.239. The summed E-state index contributed by atoms with van der Waals surface area (Å²) in [5, 5.41) is 9.54. The minimum Gasteiger partial charge on any atom is -0.481 e. The van der Waals surface area contributed by atoms with Crippen molar-refractivity contribution in [2.45, 2.75) is 139 Å². The Kier molecular flexibility index (Phi) is 4.98. The van der Waals surface area contributed by atoms with Crippen molar-refractivity contribution in [3.63, 3.8) is 0 Å². The van der Waals surface area contributed by atoms with Gasteiger partial charge in [-0.25, -0.2) is 0 Å². The summed E-state index contributed by atoms with van der Waals surface area (Å²) in [6.45, 7) is 24.2. The van der Waals surface area contributed by atoms with E-state index in [2.05, 4.69) is 62.3 Å². The van der Waals surface area contributed by atoms with E-state index in [1.54, 1.807) is 0 Å². The van der Waals surface area contributed by atoms with Crippen LogP contribution < -0.4 is 0 Å². The summed E-state index contributed by atoms with van der Waals surface area (Å²) in [4.78, 5) is 11.6. The zero-order valence-electron chi connectivity index (χ0n) is 25.2. The molecule has 36 heavy (non-hydrogen) atoms. The average Bonchev–Trinajstić information content (AvgIpc) is 2.78. The van der Waals surface area contributed by atoms with Crippen LogP contribution in [0.2, 0.25) is 0 Å². The molecule has 204 valence electrons. The molecule has 6 bridgehead atoms. The van der Waals surface area contributed by atoms with Gasteiger partial charge < -0.3 is 5.11 Å². The Balaban J connectivity index is 1.56. The van der Waals surface area contributed by atoms with E-state index in [0.717, 1.165) is 36.5 Å². The van der Waals surface area contributed by atoms with Crippen molar-refractivity contribution in [1.29, 1.82) is 0 Å². The summed E-state index contributed by atoms with van der Waals surface area (Å²) in [5.74, 6) is 2.83. The van der Waals surface area contributed by atoms with E-state index in [1.807, 2.05) is 0 Å². The molecule has 9 saturated carbocycles. The van der Waals surface area contributed by atoms with Crippen LogP contribution in [0.15, 0.2) is 0 Å². The molecule has 0 radical (unpaired) electrons. The molecule has 9 rings (SSSR count). The second kappa shape index (κ2) is 6.96. The summed E-state index contributed by atoms with van der Waals surface area (Å²) < 4.78 is 0. The fourth-order valence-electron chi connectivity index (χ4n) is 15.1. The van der Waals surface area contributed by atoms with Gasteiger partial charge in [0.05, 0.1) is 0 Å². The largest absolute Gasteiger partial charge is 0.481 e. The molecule has 9 unspecified atom stereocenters. The molecule has 2 heteroatoms. The van der Waals surface area contributed by atoms with E-state index in [1.165, 1.54) is 57.8 Å². The Morgan fingerprint density at radius 2 is 1.28 bits per heavy atom. The highest BCUT2D eigenvalue weighted by atomic mass is 16.4. The van der Waals surface area contributed by atoms with Crippen molar-refractivity contribution in [3.8, 4) is 0 Å². The van der Waals surface area contributed by atoms with Crippen LogP contribution in [0.1, 0.15) is 139 Å². The van der Waals surface area contributed by atoms with Crippen molar-refractivity contribution >= 4 is 5.97 Å². The Bertz CT molecular complexity index is 976. The summed E-state index contributed by atoms with van der Waals surface area (Å²) in [6, 6.07) is 0. The molecule has 2 nitrogen and oxygen atoms in total. The van der Waals surface area contributed by atoms with Crippen LogP contribution in [0, 0.1) is 67.0 Å². The number of aliphatic carboxylic acids is 1. The van der Waals surface area contributed by atoms with Gasteiger partial charge in [0.1, 0.15) is 0 Å². The molecule has 1 N–H and O–H groups in total. The first-order valence-electron chi connectivity index (χ1n) is 15.7. The highest BCUT2D eigenvalue weighted by molar-refractivity contribution is 5.66. The molecule has 9 aliphatic rings. The number of carbonyl (C=O) groups is 1. The molecule has 9 atom stereocenters. The van der Waals surface area contributed by atoms with Gasteiger partial charge in [-0.2, -0.15) is 0 Å². The number of rotatable bonds is 6. The third kappa shape index (κ3) is 2.24. The van der Waals surface area contributed by atoms with Crippen LogP contribution >= 0.6 is 0 Å². The van der Waals surface area contributed by atoms with Crippen molar-refractivity contribution in [1.82, 2.24) is 0 Å². The first-order valence-corrected chi connectivity index (χ1v) is 15.7. The van der Waals surface area contributed by atoms with E-state index in [4.69, 9.17) is 0 Å². The highest BCUT2D eigenvalue weighted by Crippen LogP contribution is 2.96. The summed E-state index contributed by atoms with van der Waals surface area (Å²) >= 11 is 0. The van der Waals surface area contributed by atoms with Crippen LogP contribution in [0.3, 0.4) is 0 Å². The fraction of sp³-hybridized carbons (Fsp3) is 0.971. The Morgan fingerprint density at radius 3 is 1.81 bits per heavy atom. The van der Waals surface area contributed by atoms with Gasteiger partial charge in [-0.1, -0.05) is 62.3 Å². The maximum absolute atomic E-state index is 11.6. The van der Waals surface area contributed by atoms with Gasteiger partial charge in [0.2, 0.25) is 0 Å². The molecule has 9 fully saturated rings. The molecule has 0 saturated heterocycles. The predicted octanol–water partition coefficient (Wildman–Crippen LogP) is 9.37. The van der Waals surface area contributed by atoms with E-state index >= 15 is 0 Å². The SMILES string of the molecule is CC1CCC2CC1(C1(C)CCC3CC1(C14CC(CCC1(C)CCCC(=O)O)C4(C)C)C3(C)C)C2(C)C. The van der Waals surface area contributed by atoms with Crippen LogP contribution in [0.4, 0.5) is 0 Å². The molecular formula is C34H56O2. The Morgan fingerprint density at radius 1 is 0.722 bits per heavy atom. The summed E-state index contributed by atoms with van der Waals surface area (Å²) in [7, 11) is 0. The Hall–Kier alpha value is -0.530. The fourth-order valence-corrected chi connectivity index (χ4v) is 15.1. The van der Waals surface area contributed by atoms with Gasteiger partial charge in [0.25, 0.3) is 0 Å². The predicted molar refractivity (Wildman–Crippen MR) is 148 cm³/mol. The van der Waals surface area contributed by atoms with Gasteiger partial charge in [-0.15, -0.1) is 0 Å². The van der Waals surface area contributed by atoms with Crippen LogP contribution in [0.25, 0.3) is 0 Å². The maximum atomic E-state index is 11.6. The quantitative estimate of drug-likeness (QED) is 0.397. The molecule has 0 spiro atoms. The maximum Gasteiger partial charge on any atom is 0.303 e. The van der Waals surface area contributed by atoms with Gasteiger partial charge in [0.15, 0.2) is 0 Å². The van der Waals surface area contributed by atoms with Gasteiger partial charge in [-0.3, -0.25) is 4.79 Å². The molecule has 0 heterocycles. The molecule has 0 aromatic rings. The normalized spacial score (nSPS) is 55.0. The average molecular weight is 497 g/mol. The number of carboxylic acid groups (broad SMARTS) is 1. The minimum atomic E-state index is -0.615. The third-order valence-electron chi connectivity index (χ3n) is 16.7. The first kappa shape index (κ1) is 25.7. The van der Waals surface area contributed by atoms with E-state index in [0.29, 0.717) is 44.3 Å². The smallest absolute Gasteiger partial charge is 0.303 e. The molecular weight excluding hydrogens is 440 g/mol. The lowest BCUT2D eigenvalue weighted by atomic mass is 9.11. The van der Waals surface area contributed by atoms with E-state index in [-0.39, 0.29) is 5.41 Å². The van der Waals surface area contributed by atoms with Crippen molar-refractivity contribution in [2.75, 3.05) is 0 Å². The van der Waals surface area contributed by atoms with Gasteiger partial charge in [0, 0.05) is 6.42 Å². The van der Waals surface area contributed by atoms with Crippen molar-refractivity contribution in [2.24, 2.45) is 67.0 Å².